The summed E-state index contributed by atoms with van der Waals surface area (Å²) in [7, 11) is 0. The van der Waals surface area contributed by atoms with Crippen molar-refractivity contribution in [3.8, 4) is 11.5 Å². The van der Waals surface area contributed by atoms with Crippen LogP contribution in [0.4, 0.5) is 13.6 Å². The van der Waals surface area contributed by atoms with Crippen LogP contribution in [0.3, 0.4) is 0 Å². The lowest BCUT2D eigenvalue weighted by Crippen LogP contribution is -2.05. The molecule has 0 aliphatic carbocycles. The number of aryl methyl sites for hydroxylation is 1. The molecule has 0 amide bonds. The summed E-state index contributed by atoms with van der Waals surface area (Å²) in [6.07, 6.45) is -1.45. The second-order valence-corrected chi connectivity index (χ2v) is 5.27. The predicted molar refractivity (Wildman–Crippen MR) is 85.8 cm³/mol. The number of rotatable bonds is 4. The number of carbonyl (C=O) groups is 1. The molecule has 0 saturated carbocycles. The Balaban J connectivity index is 1.99. The molecule has 1 aromatic heterocycles. The standard InChI is InChI=1S/C18H13F2NO4/c1-10-8-16(25-18(22)23)11-4-2-7-15(17(11)21-10)24-9-12-13(19)5-3-6-14(12)20/h2-8H,9H2,1H3,(H,22,23). The molecule has 0 bridgehead atoms. The normalized spacial score (nSPS) is 10.7. The molecule has 128 valence electrons. The van der Waals surface area contributed by atoms with Crippen molar-refractivity contribution < 1.29 is 28.2 Å². The average Bonchev–Trinajstić information content (AvgIpc) is 2.54. The van der Waals surface area contributed by atoms with Gasteiger partial charge in [-0.1, -0.05) is 12.1 Å². The van der Waals surface area contributed by atoms with E-state index in [0.29, 0.717) is 16.6 Å². The third-order valence-corrected chi connectivity index (χ3v) is 3.52. The van der Waals surface area contributed by atoms with E-state index in [1.807, 2.05) is 0 Å². The van der Waals surface area contributed by atoms with E-state index in [0.717, 1.165) is 12.1 Å². The molecule has 0 radical (unpaired) electrons. The van der Waals surface area contributed by atoms with Gasteiger partial charge in [0.2, 0.25) is 0 Å². The Morgan fingerprint density at radius 2 is 1.80 bits per heavy atom. The first-order valence-corrected chi connectivity index (χ1v) is 7.32. The Morgan fingerprint density at radius 1 is 1.12 bits per heavy atom. The van der Waals surface area contributed by atoms with Gasteiger partial charge in [-0.2, -0.15) is 0 Å². The molecule has 1 heterocycles. The molecule has 5 nitrogen and oxygen atoms in total. The number of pyridine rings is 1. The van der Waals surface area contributed by atoms with Crippen molar-refractivity contribution in [2.45, 2.75) is 13.5 Å². The zero-order valence-electron chi connectivity index (χ0n) is 13.1. The number of hydrogen-bond acceptors (Lipinski definition) is 4. The fraction of sp³-hybridized carbons (Fsp3) is 0.111. The maximum Gasteiger partial charge on any atom is 0.511 e. The molecule has 0 aliphatic heterocycles. The van der Waals surface area contributed by atoms with Gasteiger partial charge < -0.3 is 14.6 Å². The van der Waals surface area contributed by atoms with E-state index in [2.05, 4.69) is 4.98 Å². The Morgan fingerprint density at radius 3 is 2.48 bits per heavy atom. The van der Waals surface area contributed by atoms with Crippen LogP contribution in [0, 0.1) is 18.6 Å². The zero-order chi connectivity index (χ0) is 18.0. The first kappa shape index (κ1) is 16.6. The minimum Gasteiger partial charge on any atom is -0.486 e. The Kier molecular flexibility index (Phi) is 4.47. The Labute approximate surface area is 141 Å². The molecule has 25 heavy (non-hydrogen) atoms. The fourth-order valence-corrected chi connectivity index (χ4v) is 2.43. The number of nitrogens with zero attached hydrogens (tertiary/aromatic N) is 1. The zero-order valence-corrected chi connectivity index (χ0v) is 13.1. The van der Waals surface area contributed by atoms with Crippen LogP contribution in [0.5, 0.6) is 11.5 Å². The molecule has 1 N–H and O–H groups in total. The summed E-state index contributed by atoms with van der Waals surface area (Å²) < 4.78 is 37.7. The summed E-state index contributed by atoms with van der Waals surface area (Å²) in [5.41, 5.74) is 0.654. The molecular weight excluding hydrogens is 332 g/mol. The first-order valence-electron chi connectivity index (χ1n) is 7.32. The third-order valence-electron chi connectivity index (χ3n) is 3.52. The monoisotopic (exact) mass is 345 g/mol. The topological polar surface area (TPSA) is 68.7 Å². The SMILES string of the molecule is Cc1cc(OC(=O)O)c2cccc(OCc3c(F)cccc3F)c2n1. The molecule has 2 aromatic carbocycles. The molecule has 3 rings (SSSR count). The van der Waals surface area contributed by atoms with Gasteiger partial charge in [0.25, 0.3) is 0 Å². The smallest absolute Gasteiger partial charge is 0.486 e. The highest BCUT2D eigenvalue weighted by molar-refractivity contribution is 5.91. The Bertz CT molecular complexity index is 939. The first-order chi connectivity index (χ1) is 12.0. The number of hydrogen-bond donors (Lipinski definition) is 1. The van der Waals surface area contributed by atoms with Gasteiger partial charge in [-0.05, 0) is 31.2 Å². The van der Waals surface area contributed by atoms with Gasteiger partial charge in [0.15, 0.2) is 0 Å². The molecule has 0 unspecified atom stereocenters. The highest BCUT2D eigenvalue weighted by Crippen LogP contribution is 2.32. The van der Waals surface area contributed by atoms with Crippen LogP contribution >= 0.6 is 0 Å². The largest absolute Gasteiger partial charge is 0.511 e. The highest BCUT2D eigenvalue weighted by Gasteiger charge is 2.14. The molecule has 3 aromatic rings. The molecule has 0 aliphatic rings. The fourth-order valence-electron chi connectivity index (χ4n) is 2.43. The van der Waals surface area contributed by atoms with Crippen molar-refractivity contribution in [3.63, 3.8) is 0 Å². The lowest BCUT2D eigenvalue weighted by molar-refractivity contribution is 0.145. The lowest BCUT2D eigenvalue weighted by Gasteiger charge is -2.12. The third kappa shape index (κ3) is 3.50. The van der Waals surface area contributed by atoms with Crippen molar-refractivity contribution in [2.75, 3.05) is 0 Å². The Hall–Kier alpha value is -3.22. The van der Waals surface area contributed by atoms with Crippen LogP contribution in [-0.4, -0.2) is 16.2 Å². The van der Waals surface area contributed by atoms with Gasteiger partial charge >= 0.3 is 6.16 Å². The van der Waals surface area contributed by atoms with Gasteiger partial charge in [0.1, 0.15) is 35.3 Å². The molecule has 7 heteroatoms. The number of fused-ring (bicyclic) bond motifs is 1. The van der Waals surface area contributed by atoms with Crippen LogP contribution in [-0.2, 0) is 6.61 Å². The maximum absolute atomic E-state index is 13.7. The molecule has 0 fully saturated rings. The van der Waals surface area contributed by atoms with Crippen LogP contribution in [0.15, 0.2) is 42.5 Å². The van der Waals surface area contributed by atoms with Gasteiger partial charge in [-0.3, -0.25) is 0 Å². The number of para-hydroxylation sites is 1. The van der Waals surface area contributed by atoms with E-state index in [4.69, 9.17) is 14.6 Å². The average molecular weight is 345 g/mol. The summed E-state index contributed by atoms with van der Waals surface area (Å²) in [6, 6.07) is 9.86. The molecule has 0 atom stereocenters. The van der Waals surface area contributed by atoms with Crippen molar-refractivity contribution in [1.29, 1.82) is 0 Å². The number of ether oxygens (including phenoxy) is 2. The maximum atomic E-state index is 13.7. The number of aromatic nitrogens is 1. The van der Waals surface area contributed by atoms with E-state index in [-0.39, 0.29) is 23.7 Å². The minimum atomic E-state index is -1.45. The number of benzene rings is 2. The van der Waals surface area contributed by atoms with Crippen molar-refractivity contribution in [1.82, 2.24) is 4.98 Å². The quantitative estimate of drug-likeness (QED) is 0.707. The van der Waals surface area contributed by atoms with E-state index in [1.54, 1.807) is 25.1 Å². The number of carboxylic acid groups (broad SMARTS) is 1. The van der Waals surface area contributed by atoms with Crippen LogP contribution in [0.1, 0.15) is 11.3 Å². The van der Waals surface area contributed by atoms with Gasteiger partial charge in [0, 0.05) is 17.1 Å². The molecule has 0 spiro atoms. The summed E-state index contributed by atoms with van der Waals surface area (Å²) in [4.78, 5) is 15.2. The predicted octanol–water partition coefficient (Wildman–Crippen LogP) is 4.46. The van der Waals surface area contributed by atoms with Crippen molar-refractivity contribution in [2.24, 2.45) is 0 Å². The van der Waals surface area contributed by atoms with Gasteiger partial charge in [-0.15, -0.1) is 0 Å². The van der Waals surface area contributed by atoms with E-state index in [1.165, 1.54) is 12.1 Å². The summed E-state index contributed by atoms with van der Waals surface area (Å²) in [5, 5.41) is 9.26. The molecular formula is C18H13F2NO4. The van der Waals surface area contributed by atoms with Crippen molar-refractivity contribution >= 4 is 17.1 Å². The summed E-state index contributed by atoms with van der Waals surface area (Å²) >= 11 is 0. The van der Waals surface area contributed by atoms with Crippen LogP contribution < -0.4 is 9.47 Å². The second-order valence-electron chi connectivity index (χ2n) is 5.27. The summed E-state index contributed by atoms with van der Waals surface area (Å²) in [5.74, 6) is -1.05. The van der Waals surface area contributed by atoms with E-state index in [9.17, 15) is 13.6 Å². The van der Waals surface area contributed by atoms with Crippen LogP contribution in [0.25, 0.3) is 10.9 Å². The van der Waals surface area contributed by atoms with E-state index >= 15 is 0 Å². The van der Waals surface area contributed by atoms with Crippen LogP contribution in [0.2, 0.25) is 0 Å². The van der Waals surface area contributed by atoms with Gasteiger partial charge in [0.05, 0.1) is 5.56 Å². The number of halogens is 2. The van der Waals surface area contributed by atoms with E-state index < -0.39 is 17.8 Å². The highest BCUT2D eigenvalue weighted by atomic mass is 19.1. The van der Waals surface area contributed by atoms with Gasteiger partial charge in [-0.25, -0.2) is 18.6 Å². The van der Waals surface area contributed by atoms with Crippen molar-refractivity contribution in [3.05, 3.63) is 65.4 Å². The molecule has 0 saturated heterocycles. The lowest BCUT2D eigenvalue weighted by atomic mass is 10.1. The summed E-state index contributed by atoms with van der Waals surface area (Å²) in [6.45, 7) is 1.34. The minimum absolute atomic E-state index is 0.109. The second kappa shape index (κ2) is 6.72.